The molecule has 9 nitrogen and oxygen atoms in total. The van der Waals surface area contributed by atoms with E-state index in [-0.39, 0.29) is 11.4 Å². The van der Waals surface area contributed by atoms with E-state index in [4.69, 9.17) is 18.9 Å². The van der Waals surface area contributed by atoms with Crippen molar-refractivity contribution in [2.24, 2.45) is 0 Å². The summed E-state index contributed by atoms with van der Waals surface area (Å²) in [6.45, 7) is 10.1. The molecule has 0 saturated heterocycles. The van der Waals surface area contributed by atoms with Gasteiger partial charge in [0.25, 0.3) is 5.75 Å². The van der Waals surface area contributed by atoms with E-state index in [1.165, 1.54) is 13.2 Å². The van der Waals surface area contributed by atoms with Crippen LogP contribution in [0, 0.1) is 10.1 Å². The second-order valence-electron chi connectivity index (χ2n) is 5.60. The molecule has 0 bridgehead atoms. The van der Waals surface area contributed by atoms with Crippen molar-refractivity contribution in [3.8, 4) is 11.5 Å². The van der Waals surface area contributed by atoms with Gasteiger partial charge in [-0.1, -0.05) is 13.8 Å². The molecule has 1 heterocycles. The Morgan fingerprint density at radius 3 is 2.42 bits per heavy atom. The molecule has 0 saturated carbocycles. The van der Waals surface area contributed by atoms with Crippen molar-refractivity contribution < 1.29 is 29.0 Å². The fourth-order valence-electron chi connectivity index (χ4n) is 1.97. The van der Waals surface area contributed by atoms with Gasteiger partial charge in [0.05, 0.1) is 0 Å². The van der Waals surface area contributed by atoms with E-state index in [1.807, 2.05) is 13.8 Å². The van der Waals surface area contributed by atoms with Crippen LogP contribution < -0.4 is 4.74 Å². The first kappa shape index (κ1) is 24.0. The number of pyridine rings is 1. The number of nitro groups is 1. The Bertz CT molecular complexity index is 564. The average Bonchev–Trinajstić information content (AvgIpc) is 2.61. The van der Waals surface area contributed by atoms with Crippen molar-refractivity contribution in [2.45, 2.75) is 52.9 Å². The number of aromatic hydroxyl groups is 1. The normalized spacial score (nSPS) is 12.1. The van der Waals surface area contributed by atoms with Gasteiger partial charge in [0, 0.05) is 39.9 Å². The third kappa shape index (κ3) is 7.11. The summed E-state index contributed by atoms with van der Waals surface area (Å²) in [5, 5.41) is 21.3. The molecule has 1 atom stereocenters. The molecule has 1 rings (SSSR count). The highest BCUT2D eigenvalue weighted by Gasteiger charge is 2.31. The molecule has 0 amide bonds. The summed E-state index contributed by atoms with van der Waals surface area (Å²) >= 11 is 0. The minimum Gasteiger partial charge on any atom is -0.498 e. The number of methoxy groups -OCH3 is 2. The van der Waals surface area contributed by atoms with Gasteiger partial charge >= 0.3 is 5.82 Å². The van der Waals surface area contributed by atoms with Gasteiger partial charge < -0.3 is 34.2 Å². The third-order valence-corrected chi connectivity index (χ3v) is 3.20. The maximum atomic E-state index is 11.2. The summed E-state index contributed by atoms with van der Waals surface area (Å²) in [6.07, 6.45) is -0.383. The summed E-state index contributed by atoms with van der Waals surface area (Å²) in [4.78, 5) is 14.2. The van der Waals surface area contributed by atoms with Gasteiger partial charge in [-0.15, -0.1) is 0 Å². The van der Waals surface area contributed by atoms with Gasteiger partial charge in [-0.05, 0) is 30.7 Å². The molecule has 1 aromatic heterocycles. The topological polar surface area (TPSA) is 113 Å². The van der Waals surface area contributed by atoms with Crippen LogP contribution in [0.3, 0.4) is 0 Å². The summed E-state index contributed by atoms with van der Waals surface area (Å²) in [5.74, 6) is -1.41. The largest absolute Gasteiger partial charge is 0.498 e. The number of hydrogen-bond acceptors (Lipinski definition) is 8. The first-order valence-corrected chi connectivity index (χ1v) is 8.46. The molecule has 150 valence electrons. The van der Waals surface area contributed by atoms with Crippen molar-refractivity contribution in [1.29, 1.82) is 0 Å². The Kier molecular flexibility index (Phi) is 10.7. The molecule has 1 aromatic rings. The first-order valence-electron chi connectivity index (χ1n) is 8.46. The van der Waals surface area contributed by atoms with Crippen LogP contribution >= 0.6 is 0 Å². The van der Waals surface area contributed by atoms with Gasteiger partial charge in [0.2, 0.25) is 12.0 Å². The molecular formula is C17H30N2O7. The van der Waals surface area contributed by atoms with Crippen LogP contribution in [0.15, 0.2) is 6.07 Å². The molecule has 0 aromatic carbocycles. The molecule has 9 heteroatoms. The van der Waals surface area contributed by atoms with Crippen LogP contribution in [0.4, 0.5) is 5.82 Å². The van der Waals surface area contributed by atoms with Gasteiger partial charge in [0.1, 0.15) is 5.60 Å². The molecule has 0 fully saturated rings. The Morgan fingerprint density at radius 1 is 1.35 bits per heavy atom. The van der Waals surface area contributed by atoms with E-state index < -0.39 is 28.4 Å². The SMILES string of the molecule is CC.CCOC(OC)c1cc(OC(C)(C)CCOC)c(O)c([N+](=O)[O-])n1. The zero-order valence-electron chi connectivity index (χ0n) is 16.6. The van der Waals surface area contributed by atoms with Crippen molar-refractivity contribution in [3.63, 3.8) is 0 Å². The molecule has 0 aliphatic heterocycles. The third-order valence-electron chi connectivity index (χ3n) is 3.20. The minimum atomic E-state index is -0.904. The summed E-state index contributed by atoms with van der Waals surface area (Å²) in [6, 6.07) is 1.38. The number of hydrogen-bond donors (Lipinski definition) is 1. The fourth-order valence-corrected chi connectivity index (χ4v) is 1.97. The number of aromatic nitrogens is 1. The molecule has 0 spiro atoms. The Balaban J connectivity index is 0.00000301. The van der Waals surface area contributed by atoms with Crippen molar-refractivity contribution in [3.05, 3.63) is 21.9 Å². The van der Waals surface area contributed by atoms with Gasteiger partial charge in [-0.25, -0.2) is 0 Å². The standard InChI is InChI=1S/C15H24N2O7.C2H6/c1-6-23-14(22-5)10-9-11(12(18)13(16-10)17(19)20)24-15(2,3)7-8-21-4;1-2/h9,14,18H,6-8H2,1-5H3;1-2H3. The van der Waals surface area contributed by atoms with Crippen LogP contribution in [0.5, 0.6) is 11.5 Å². The smallest absolute Gasteiger partial charge is 0.410 e. The molecule has 1 N–H and O–H groups in total. The maximum absolute atomic E-state index is 11.2. The van der Waals surface area contributed by atoms with Gasteiger partial charge in [-0.2, -0.15) is 0 Å². The summed E-state index contributed by atoms with van der Waals surface area (Å²) in [7, 11) is 2.96. The molecule has 0 aliphatic carbocycles. The Hall–Kier alpha value is -1.97. The second kappa shape index (κ2) is 11.6. The molecule has 1 unspecified atom stereocenters. The zero-order valence-corrected chi connectivity index (χ0v) is 16.6. The van der Waals surface area contributed by atoms with Crippen LogP contribution in [0.1, 0.15) is 53.0 Å². The number of rotatable bonds is 10. The fraction of sp³-hybridized carbons (Fsp3) is 0.706. The Labute approximate surface area is 154 Å². The van der Waals surface area contributed by atoms with Crippen LogP contribution in [-0.4, -0.2) is 48.0 Å². The van der Waals surface area contributed by atoms with Crippen LogP contribution in [0.2, 0.25) is 0 Å². The highest BCUT2D eigenvalue weighted by Crippen LogP contribution is 2.39. The van der Waals surface area contributed by atoms with E-state index in [9.17, 15) is 15.2 Å². The minimum absolute atomic E-state index is 0.0606. The Morgan fingerprint density at radius 2 is 1.96 bits per heavy atom. The van der Waals surface area contributed by atoms with Gasteiger partial charge in [-0.3, -0.25) is 0 Å². The van der Waals surface area contributed by atoms with Gasteiger partial charge in [0.15, 0.2) is 5.75 Å². The number of ether oxygens (including phenoxy) is 4. The average molecular weight is 374 g/mol. The first-order chi connectivity index (χ1) is 12.3. The highest BCUT2D eigenvalue weighted by molar-refractivity contribution is 5.51. The maximum Gasteiger partial charge on any atom is 0.410 e. The van der Waals surface area contributed by atoms with E-state index in [0.29, 0.717) is 19.6 Å². The lowest BCUT2D eigenvalue weighted by atomic mass is 10.1. The van der Waals surface area contributed by atoms with Crippen molar-refractivity contribution in [2.75, 3.05) is 27.4 Å². The monoisotopic (exact) mass is 374 g/mol. The lowest BCUT2D eigenvalue weighted by Crippen LogP contribution is -2.30. The highest BCUT2D eigenvalue weighted by atomic mass is 16.7. The van der Waals surface area contributed by atoms with E-state index in [0.717, 1.165) is 0 Å². The molecule has 0 aliphatic rings. The van der Waals surface area contributed by atoms with Crippen molar-refractivity contribution in [1.82, 2.24) is 4.98 Å². The van der Waals surface area contributed by atoms with Crippen LogP contribution in [0.25, 0.3) is 0 Å². The van der Waals surface area contributed by atoms with Crippen molar-refractivity contribution >= 4 is 5.82 Å². The number of nitrogens with zero attached hydrogens (tertiary/aromatic N) is 2. The quantitative estimate of drug-likeness (QED) is 0.375. The lowest BCUT2D eigenvalue weighted by Gasteiger charge is -2.26. The summed E-state index contributed by atoms with van der Waals surface area (Å²) in [5.41, 5.74) is -0.574. The van der Waals surface area contributed by atoms with Crippen LogP contribution in [-0.2, 0) is 14.2 Å². The van der Waals surface area contributed by atoms with E-state index in [2.05, 4.69) is 4.98 Å². The summed E-state index contributed by atoms with van der Waals surface area (Å²) < 4.78 is 21.2. The predicted octanol–water partition coefficient (Wildman–Crippen LogP) is 3.60. The van der Waals surface area contributed by atoms with E-state index in [1.54, 1.807) is 27.9 Å². The predicted molar refractivity (Wildman–Crippen MR) is 96.5 cm³/mol. The molecule has 0 radical (unpaired) electrons. The van der Waals surface area contributed by atoms with E-state index >= 15 is 0 Å². The molecule has 26 heavy (non-hydrogen) atoms. The molecular weight excluding hydrogens is 344 g/mol. The lowest BCUT2D eigenvalue weighted by molar-refractivity contribution is -0.391. The zero-order chi connectivity index (χ0) is 20.3. The second-order valence-corrected chi connectivity index (χ2v) is 5.60.